The van der Waals surface area contributed by atoms with Crippen LogP contribution < -0.4 is 5.73 Å². The van der Waals surface area contributed by atoms with Gasteiger partial charge < -0.3 is 10.6 Å². The molecule has 0 radical (unpaired) electrons. The van der Waals surface area contributed by atoms with Crippen LogP contribution in [0.5, 0.6) is 0 Å². The summed E-state index contributed by atoms with van der Waals surface area (Å²) in [6.07, 6.45) is 2.63. The lowest BCUT2D eigenvalue weighted by Gasteiger charge is -2.21. The van der Waals surface area contributed by atoms with Gasteiger partial charge in [-0.15, -0.1) is 0 Å². The van der Waals surface area contributed by atoms with Crippen molar-refractivity contribution in [2.24, 2.45) is 11.1 Å². The molecule has 14 heavy (non-hydrogen) atoms. The van der Waals surface area contributed by atoms with Crippen molar-refractivity contribution in [3.05, 3.63) is 22.4 Å². The Balaban J connectivity index is 1.82. The molecular formula is C11H18N2S. The highest BCUT2D eigenvalue weighted by atomic mass is 32.1. The highest BCUT2D eigenvalue weighted by Crippen LogP contribution is 2.45. The van der Waals surface area contributed by atoms with E-state index in [4.69, 9.17) is 5.73 Å². The number of hydrogen-bond acceptors (Lipinski definition) is 3. The van der Waals surface area contributed by atoms with Gasteiger partial charge in [0.25, 0.3) is 0 Å². The zero-order chi connectivity index (χ0) is 10.0. The van der Waals surface area contributed by atoms with Gasteiger partial charge in [0, 0.05) is 13.1 Å². The van der Waals surface area contributed by atoms with Crippen LogP contribution in [-0.4, -0.2) is 25.0 Å². The minimum absolute atomic E-state index is 0.463. The van der Waals surface area contributed by atoms with Crippen molar-refractivity contribution in [2.75, 3.05) is 20.1 Å². The molecule has 0 spiro atoms. The zero-order valence-corrected chi connectivity index (χ0v) is 9.52. The molecule has 0 saturated heterocycles. The van der Waals surface area contributed by atoms with Crippen LogP contribution in [0.2, 0.25) is 0 Å². The van der Waals surface area contributed by atoms with Gasteiger partial charge in [0.05, 0.1) is 0 Å². The van der Waals surface area contributed by atoms with E-state index in [0.717, 1.165) is 19.6 Å². The first-order valence-electron chi connectivity index (χ1n) is 5.14. The number of rotatable bonds is 5. The summed E-state index contributed by atoms with van der Waals surface area (Å²) in [6, 6.07) is 2.20. The first kappa shape index (κ1) is 10.1. The predicted octanol–water partition coefficient (Wildman–Crippen LogP) is 1.92. The topological polar surface area (TPSA) is 29.3 Å². The maximum absolute atomic E-state index is 5.77. The van der Waals surface area contributed by atoms with E-state index in [2.05, 4.69) is 28.8 Å². The summed E-state index contributed by atoms with van der Waals surface area (Å²) in [5.74, 6) is 0. The molecule has 0 unspecified atom stereocenters. The number of nitrogens with two attached hydrogens (primary N) is 1. The predicted molar refractivity (Wildman–Crippen MR) is 61.4 cm³/mol. The van der Waals surface area contributed by atoms with Crippen LogP contribution in [0, 0.1) is 5.41 Å². The van der Waals surface area contributed by atoms with Gasteiger partial charge in [0.2, 0.25) is 0 Å². The second-order valence-corrected chi connectivity index (χ2v) is 5.29. The van der Waals surface area contributed by atoms with E-state index in [1.54, 1.807) is 11.3 Å². The Kier molecular flexibility index (Phi) is 2.91. The van der Waals surface area contributed by atoms with Crippen molar-refractivity contribution >= 4 is 11.3 Å². The Labute approximate surface area is 89.7 Å². The fraction of sp³-hybridized carbons (Fsp3) is 0.636. The maximum atomic E-state index is 5.77. The third-order valence-electron chi connectivity index (χ3n) is 3.03. The first-order chi connectivity index (χ1) is 6.74. The van der Waals surface area contributed by atoms with Gasteiger partial charge >= 0.3 is 0 Å². The summed E-state index contributed by atoms with van der Waals surface area (Å²) < 4.78 is 0. The van der Waals surface area contributed by atoms with Gasteiger partial charge in [-0.1, -0.05) is 0 Å². The molecule has 1 fully saturated rings. The molecular weight excluding hydrogens is 192 g/mol. The Morgan fingerprint density at radius 3 is 2.86 bits per heavy atom. The van der Waals surface area contributed by atoms with Crippen molar-refractivity contribution in [1.82, 2.24) is 4.90 Å². The minimum atomic E-state index is 0.463. The van der Waals surface area contributed by atoms with Crippen molar-refractivity contribution in [3.63, 3.8) is 0 Å². The zero-order valence-electron chi connectivity index (χ0n) is 8.70. The SMILES string of the molecule is CN(Cc1ccsc1)CC1(CN)CC1. The van der Waals surface area contributed by atoms with E-state index >= 15 is 0 Å². The van der Waals surface area contributed by atoms with E-state index in [1.165, 1.54) is 18.4 Å². The van der Waals surface area contributed by atoms with Crippen molar-refractivity contribution in [1.29, 1.82) is 0 Å². The van der Waals surface area contributed by atoms with Crippen LogP contribution in [-0.2, 0) is 6.54 Å². The van der Waals surface area contributed by atoms with Crippen LogP contribution in [0.25, 0.3) is 0 Å². The Bertz CT molecular complexity index is 277. The molecule has 2 nitrogen and oxygen atoms in total. The fourth-order valence-corrected chi connectivity index (χ4v) is 2.59. The average Bonchev–Trinajstić information content (AvgIpc) is 2.74. The molecule has 0 aliphatic heterocycles. The second kappa shape index (κ2) is 4.01. The summed E-state index contributed by atoms with van der Waals surface area (Å²) >= 11 is 1.77. The number of hydrogen-bond donors (Lipinski definition) is 1. The highest BCUT2D eigenvalue weighted by Gasteiger charge is 2.41. The number of thiophene rings is 1. The molecule has 1 aromatic heterocycles. The van der Waals surface area contributed by atoms with E-state index in [1.807, 2.05) is 0 Å². The monoisotopic (exact) mass is 210 g/mol. The van der Waals surface area contributed by atoms with Gasteiger partial charge in [-0.05, 0) is 54.2 Å². The first-order valence-corrected chi connectivity index (χ1v) is 6.08. The maximum Gasteiger partial charge on any atom is 0.0239 e. The molecule has 0 atom stereocenters. The van der Waals surface area contributed by atoms with E-state index in [0.29, 0.717) is 5.41 Å². The quantitative estimate of drug-likeness (QED) is 0.804. The van der Waals surface area contributed by atoms with Crippen LogP contribution >= 0.6 is 11.3 Å². The molecule has 1 saturated carbocycles. The van der Waals surface area contributed by atoms with Gasteiger partial charge in [-0.25, -0.2) is 0 Å². The van der Waals surface area contributed by atoms with Gasteiger partial charge in [0.1, 0.15) is 0 Å². The van der Waals surface area contributed by atoms with Crippen molar-refractivity contribution in [2.45, 2.75) is 19.4 Å². The summed E-state index contributed by atoms with van der Waals surface area (Å²) in [4.78, 5) is 2.39. The molecule has 0 bridgehead atoms. The van der Waals surface area contributed by atoms with Gasteiger partial charge in [-0.3, -0.25) is 0 Å². The number of nitrogens with zero attached hydrogens (tertiary/aromatic N) is 1. The summed E-state index contributed by atoms with van der Waals surface area (Å²) in [5, 5.41) is 4.36. The van der Waals surface area contributed by atoms with E-state index < -0.39 is 0 Å². The van der Waals surface area contributed by atoms with Crippen LogP contribution in [0.4, 0.5) is 0 Å². The molecule has 2 rings (SSSR count). The standard InChI is InChI=1S/C11H18N2S/c1-13(6-10-2-5-14-7-10)9-11(8-12)3-4-11/h2,5,7H,3-4,6,8-9,12H2,1H3. The molecule has 1 aromatic rings. The minimum Gasteiger partial charge on any atom is -0.330 e. The van der Waals surface area contributed by atoms with Crippen LogP contribution in [0.1, 0.15) is 18.4 Å². The lowest BCUT2D eigenvalue weighted by atomic mass is 10.1. The lowest BCUT2D eigenvalue weighted by molar-refractivity contribution is 0.259. The molecule has 0 aromatic carbocycles. The molecule has 1 heterocycles. The molecule has 0 amide bonds. The van der Waals surface area contributed by atoms with Gasteiger partial charge in [0.15, 0.2) is 0 Å². The highest BCUT2D eigenvalue weighted by molar-refractivity contribution is 7.07. The van der Waals surface area contributed by atoms with Crippen molar-refractivity contribution in [3.8, 4) is 0 Å². The Hall–Kier alpha value is -0.380. The summed E-state index contributed by atoms with van der Waals surface area (Å²) in [5.41, 5.74) is 7.65. The molecule has 1 aliphatic carbocycles. The Morgan fingerprint density at radius 2 is 2.36 bits per heavy atom. The molecule has 78 valence electrons. The Morgan fingerprint density at radius 1 is 1.57 bits per heavy atom. The van der Waals surface area contributed by atoms with E-state index in [-0.39, 0.29) is 0 Å². The molecule has 3 heteroatoms. The third-order valence-corrected chi connectivity index (χ3v) is 3.76. The lowest BCUT2D eigenvalue weighted by Crippen LogP contribution is -2.31. The third kappa shape index (κ3) is 2.35. The summed E-state index contributed by atoms with van der Waals surface area (Å²) in [7, 11) is 2.19. The molecule has 2 N–H and O–H groups in total. The largest absolute Gasteiger partial charge is 0.330 e. The normalized spacial score (nSPS) is 18.8. The van der Waals surface area contributed by atoms with Gasteiger partial charge in [-0.2, -0.15) is 11.3 Å². The van der Waals surface area contributed by atoms with Crippen LogP contribution in [0.3, 0.4) is 0 Å². The molecule has 1 aliphatic rings. The van der Waals surface area contributed by atoms with Crippen LogP contribution in [0.15, 0.2) is 16.8 Å². The van der Waals surface area contributed by atoms with E-state index in [9.17, 15) is 0 Å². The average molecular weight is 210 g/mol. The fourth-order valence-electron chi connectivity index (χ4n) is 1.93. The second-order valence-electron chi connectivity index (χ2n) is 4.51. The van der Waals surface area contributed by atoms with Crippen molar-refractivity contribution < 1.29 is 0 Å². The summed E-state index contributed by atoms with van der Waals surface area (Å²) in [6.45, 7) is 3.06. The smallest absolute Gasteiger partial charge is 0.0239 e.